The molecule has 2 nitrogen and oxygen atoms in total. The fourth-order valence-electron chi connectivity index (χ4n) is 2.47. The first-order chi connectivity index (χ1) is 7.31. The fraction of sp³-hybridized carbons (Fsp3) is 0.538. The molecule has 1 aliphatic rings. The van der Waals surface area contributed by atoms with Gasteiger partial charge in [0.15, 0.2) is 0 Å². The van der Waals surface area contributed by atoms with Crippen molar-refractivity contribution in [2.24, 2.45) is 5.73 Å². The number of benzene rings is 1. The van der Waals surface area contributed by atoms with Crippen LogP contribution in [0.25, 0.3) is 0 Å². The maximum Gasteiger partial charge on any atom is 0.0371 e. The SMILES string of the molecule is Cc1cccc(N2CCC[C@@H]2CCN)c1. The van der Waals surface area contributed by atoms with Crippen LogP contribution in [0.5, 0.6) is 0 Å². The number of nitrogens with two attached hydrogens (primary N) is 1. The molecule has 0 aromatic heterocycles. The van der Waals surface area contributed by atoms with Gasteiger partial charge in [0.05, 0.1) is 0 Å². The predicted octanol–water partition coefficient (Wildman–Crippen LogP) is 2.31. The molecule has 0 saturated carbocycles. The van der Waals surface area contributed by atoms with Gasteiger partial charge in [-0.05, 0) is 50.4 Å². The molecule has 0 radical (unpaired) electrons. The molecule has 1 fully saturated rings. The van der Waals surface area contributed by atoms with Gasteiger partial charge in [-0.3, -0.25) is 0 Å². The molecule has 2 N–H and O–H groups in total. The lowest BCUT2D eigenvalue weighted by Crippen LogP contribution is -2.31. The van der Waals surface area contributed by atoms with Crippen LogP contribution >= 0.6 is 0 Å². The Labute approximate surface area is 92.1 Å². The minimum absolute atomic E-state index is 0.664. The molecule has 1 aromatic rings. The van der Waals surface area contributed by atoms with E-state index in [0.29, 0.717) is 6.04 Å². The van der Waals surface area contributed by atoms with E-state index in [4.69, 9.17) is 5.73 Å². The molecule has 1 saturated heterocycles. The summed E-state index contributed by atoms with van der Waals surface area (Å²) in [4.78, 5) is 2.51. The van der Waals surface area contributed by atoms with E-state index in [1.165, 1.54) is 30.6 Å². The van der Waals surface area contributed by atoms with E-state index >= 15 is 0 Å². The minimum atomic E-state index is 0.664. The molecule has 2 rings (SSSR count). The van der Waals surface area contributed by atoms with Crippen LogP contribution in [0, 0.1) is 6.92 Å². The Morgan fingerprint density at radius 3 is 3.07 bits per heavy atom. The van der Waals surface area contributed by atoms with E-state index in [1.54, 1.807) is 0 Å². The third-order valence-electron chi connectivity index (χ3n) is 3.21. The van der Waals surface area contributed by atoms with Crippen LogP contribution in [0.2, 0.25) is 0 Å². The molecule has 0 unspecified atom stereocenters. The van der Waals surface area contributed by atoms with E-state index in [0.717, 1.165) is 13.0 Å². The summed E-state index contributed by atoms with van der Waals surface area (Å²) in [5.41, 5.74) is 8.36. The number of hydrogen-bond donors (Lipinski definition) is 1. The third-order valence-corrected chi connectivity index (χ3v) is 3.21. The number of anilines is 1. The van der Waals surface area contributed by atoms with Gasteiger partial charge in [-0.1, -0.05) is 12.1 Å². The molecule has 1 atom stereocenters. The van der Waals surface area contributed by atoms with Gasteiger partial charge in [0.2, 0.25) is 0 Å². The van der Waals surface area contributed by atoms with Crippen molar-refractivity contribution in [3.63, 3.8) is 0 Å². The summed E-state index contributed by atoms with van der Waals surface area (Å²) in [5, 5.41) is 0. The number of aryl methyl sites for hydroxylation is 1. The second kappa shape index (κ2) is 4.67. The van der Waals surface area contributed by atoms with E-state index in [-0.39, 0.29) is 0 Å². The molecule has 1 heterocycles. The lowest BCUT2D eigenvalue weighted by molar-refractivity contribution is 0.618. The summed E-state index contributed by atoms with van der Waals surface area (Å²) in [6.07, 6.45) is 3.72. The highest BCUT2D eigenvalue weighted by Crippen LogP contribution is 2.27. The summed E-state index contributed by atoms with van der Waals surface area (Å²) in [7, 11) is 0. The van der Waals surface area contributed by atoms with Gasteiger partial charge in [0, 0.05) is 18.3 Å². The average Bonchev–Trinajstić information content (AvgIpc) is 2.66. The van der Waals surface area contributed by atoms with Crippen LogP contribution in [0.15, 0.2) is 24.3 Å². The number of hydrogen-bond acceptors (Lipinski definition) is 2. The Morgan fingerprint density at radius 2 is 2.33 bits per heavy atom. The van der Waals surface area contributed by atoms with Crippen molar-refractivity contribution in [3.05, 3.63) is 29.8 Å². The topological polar surface area (TPSA) is 29.3 Å². The van der Waals surface area contributed by atoms with Crippen molar-refractivity contribution in [3.8, 4) is 0 Å². The van der Waals surface area contributed by atoms with Crippen LogP contribution < -0.4 is 10.6 Å². The lowest BCUT2D eigenvalue weighted by Gasteiger charge is -2.26. The molecule has 0 spiro atoms. The summed E-state index contributed by atoms with van der Waals surface area (Å²) in [5.74, 6) is 0. The van der Waals surface area contributed by atoms with Crippen LogP contribution in [0.3, 0.4) is 0 Å². The zero-order valence-electron chi connectivity index (χ0n) is 9.45. The molecule has 15 heavy (non-hydrogen) atoms. The Kier molecular flexibility index (Phi) is 3.27. The summed E-state index contributed by atoms with van der Waals surface area (Å²) in [6, 6.07) is 9.44. The Morgan fingerprint density at radius 1 is 1.47 bits per heavy atom. The monoisotopic (exact) mass is 204 g/mol. The molecule has 2 heteroatoms. The second-order valence-electron chi connectivity index (χ2n) is 4.41. The highest BCUT2D eigenvalue weighted by Gasteiger charge is 2.23. The van der Waals surface area contributed by atoms with Crippen LogP contribution in [0.1, 0.15) is 24.8 Å². The predicted molar refractivity (Wildman–Crippen MR) is 65.2 cm³/mol. The molecule has 0 aliphatic carbocycles. The smallest absolute Gasteiger partial charge is 0.0371 e. The first kappa shape index (κ1) is 10.5. The van der Waals surface area contributed by atoms with Crippen molar-refractivity contribution in [2.75, 3.05) is 18.0 Å². The maximum absolute atomic E-state index is 5.65. The molecular weight excluding hydrogens is 184 g/mol. The number of rotatable bonds is 3. The van der Waals surface area contributed by atoms with E-state index < -0.39 is 0 Å². The van der Waals surface area contributed by atoms with Gasteiger partial charge < -0.3 is 10.6 Å². The van der Waals surface area contributed by atoms with Gasteiger partial charge in [0.25, 0.3) is 0 Å². The van der Waals surface area contributed by atoms with Crippen LogP contribution in [-0.2, 0) is 0 Å². The van der Waals surface area contributed by atoms with E-state index in [2.05, 4.69) is 36.1 Å². The quantitative estimate of drug-likeness (QED) is 0.818. The first-order valence-electron chi connectivity index (χ1n) is 5.84. The van der Waals surface area contributed by atoms with Crippen molar-refractivity contribution >= 4 is 5.69 Å². The van der Waals surface area contributed by atoms with E-state index in [9.17, 15) is 0 Å². The zero-order chi connectivity index (χ0) is 10.7. The Hall–Kier alpha value is -1.02. The Balaban J connectivity index is 2.15. The Bertz CT molecular complexity index is 322. The third kappa shape index (κ3) is 2.32. The van der Waals surface area contributed by atoms with Gasteiger partial charge in [0.1, 0.15) is 0 Å². The van der Waals surface area contributed by atoms with Gasteiger partial charge >= 0.3 is 0 Å². The summed E-state index contributed by atoms with van der Waals surface area (Å²) < 4.78 is 0. The minimum Gasteiger partial charge on any atom is -0.368 e. The fourth-order valence-corrected chi connectivity index (χ4v) is 2.47. The van der Waals surface area contributed by atoms with Gasteiger partial charge in [-0.15, -0.1) is 0 Å². The van der Waals surface area contributed by atoms with Crippen LogP contribution in [-0.4, -0.2) is 19.1 Å². The highest BCUT2D eigenvalue weighted by molar-refractivity contribution is 5.50. The zero-order valence-corrected chi connectivity index (χ0v) is 9.45. The lowest BCUT2D eigenvalue weighted by atomic mass is 10.1. The molecule has 0 amide bonds. The largest absolute Gasteiger partial charge is 0.368 e. The second-order valence-corrected chi connectivity index (χ2v) is 4.41. The average molecular weight is 204 g/mol. The van der Waals surface area contributed by atoms with Crippen molar-refractivity contribution < 1.29 is 0 Å². The molecular formula is C13H20N2. The maximum atomic E-state index is 5.65. The standard InChI is InChI=1S/C13H20N2/c1-11-4-2-5-13(10-11)15-9-3-6-12(15)7-8-14/h2,4-5,10,12H,3,6-9,14H2,1H3/t12-/m1/s1. The molecule has 82 valence electrons. The van der Waals surface area contributed by atoms with Crippen molar-refractivity contribution in [1.29, 1.82) is 0 Å². The van der Waals surface area contributed by atoms with Gasteiger partial charge in [-0.25, -0.2) is 0 Å². The first-order valence-corrected chi connectivity index (χ1v) is 5.84. The van der Waals surface area contributed by atoms with Crippen molar-refractivity contribution in [1.82, 2.24) is 0 Å². The van der Waals surface area contributed by atoms with Gasteiger partial charge in [-0.2, -0.15) is 0 Å². The van der Waals surface area contributed by atoms with E-state index in [1.807, 2.05) is 0 Å². The summed E-state index contributed by atoms with van der Waals surface area (Å²) in [6.45, 7) is 4.14. The molecule has 1 aliphatic heterocycles. The molecule has 0 bridgehead atoms. The van der Waals surface area contributed by atoms with Crippen molar-refractivity contribution in [2.45, 2.75) is 32.2 Å². The highest BCUT2D eigenvalue weighted by atomic mass is 15.2. The molecule has 1 aromatic carbocycles. The normalized spacial score (nSPS) is 20.9. The summed E-state index contributed by atoms with van der Waals surface area (Å²) >= 11 is 0. The number of nitrogens with zero attached hydrogens (tertiary/aromatic N) is 1. The van der Waals surface area contributed by atoms with Crippen LogP contribution in [0.4, 0.5) is 5.69 Å².